The van der Waals surface area contributed by atoms with Gasteiger partial charge in [0.05, 0.1) is 6.54 Å². The van der Waals surface area contributed by atoms with Crippen LogP contribution in [0.2, 0.25) is 0 Å². The zero-order chi connectivity index (χ0) is 10.5. The summed E-state index contributed by atoms with van der Waals surface area (Å²) >= 11 is 0. The Morgan fingerprint density at radius 2 is 2.40 bits per heavy atom. The molecule has 0 unspecified atom stereocenters. The highest BCUT2D eigenvalue weighted by Crippen LogP contribution is 2.13. The molecule has 0 aliphatic carbocycles. The second-order valence-electron chi connectivity index (χ2n) is 3.03. The summed E-state index contributed by atoms with van der Waals surface area (Å²) in [7, 11) is 0. The molecule has 1 N–H and O–H groups in total. The van der Waals surface area contributed by atoms with E-state index in [0.717, 1.165) is 12.1 Å². The Morgan fingerprint density at radius 1 is 1.47 bits per heavy atom. The largest absolute Gasteiger partial charge is 0.338 e. The van der Waals surface area contributed by atoms with Crippen LogP contribution in [0.25, 0.3) is 11.4 Å². The topological polar surface area (TPSA) is 63.8 Å². The van der Waals surface area contributed by atoms with Crippen LogP contribution in [0.1, 0.15) is 12.8 Å². The number of hydrogen-bond donors (Lipinski definition) is 1. The van der Waals surface area contributed by atoms with E-state index in [-0.39, 0.29) is 0 Å². The summed E-state index contributed by atoms with van der Waals surface area (Å²) < 4.78 is 5.07. The predicted molar refractivity (Wildman–Crippen MR) is 54.9 cm³/mol. The maximum Gasteiger partial charge on any atom is 0.240 e. The first-order chi connectivity index (χ1) is 7.40. The number of rotatable bonds is 4. The molecule has 2 rings (SSSR count). The number of hydrogen-bond acceptors (Lipinski definition) is 5. The van der Waals surface area contributed by atoms with Crippen LogP contribution in [0.5, 0.6) is 0 Å². The molecule has 0 saturated heterocycles. The van der Waals surface area contributed by atoms with Gasteiger partial charge in [0.2, 0.25) is 11.7 Å². The summed E-state index contributed by atoms with van der Waals surface area (Å²) in [6.45, 7) is 3.51. The van der Waals surface area contributed by atoms with E-state index in [1.54, 1.807) is 12.4 Å². The molecule has 15 heavy (non-hydrogen) atoms. The molecule has 0 aliphatic rings. The highest BCUT2D eigenvalue weighted by molar-refractivity contribution is 5.51. The first-order valence-electron chi connectivity index (χ1n) is 4.84. The van der Waals surface area contributed by atoms with Crippen LogP contribution in [-0.4, -0.2) is 21.7 Å². The van der Waals surface area contributed by atoms with E-state index in [1.807, 2.05) is 19.1 Å². The van der Waals surface area contributed by atoms with Gasteiger partial charge in [0, 0.05) is 18.0 Å². The third-order valence-electron chi connectivity index (χ3n) is 1.91. The quantitative estimate of drug-likeness (QED) is 0.811. The maximum atomic E-state index is 5.07. The molecule has 0 radical (unpaired) electrons. The van der Waals surface area contributed by atoms with Gasteiger partial charge in [-0.1, -0.05) is 12.1 Å². The minimum Gasteiger partial charge on any atom is -0.338 e. The normalized spacial score (nSPS) is 10.5. The van der Waals surface area contributed by atoms with Gasteiger partial charge in [0.1, 0.15) is 0 Å². The first kappa shape index (κ1) is 9.79. The summed E-state index contributed by atoms with van der Waals surface area (Å²) in [4.78, 5) is 8.23. The zero-order valence-electron chi connectivity index (χ0n) is 8.47. The van der Waals surface area contributed by atoms with E-state index in [4.69, 9.17) is 4.52 Å². The van der Waals surface area contributed by atoms with Gasteiger partial charge in [0.25, 0.3) is 0 Å². The minimum absolute atomic E-state index is 0.580. The first-order valence-corrected chi connectivity index (χ1v) is 4.84. The second-order valence-corrected chi connectivity index (χ2v) is 3.03. The molecule has 5 nitrogen and oxygen atoms in total. The van der Waals surface area contributed by atoms with Crippen LogP contribution in [0, 0.1) is 0 Å². The van der Waals surface area contributed by atoms with Gasteiger partial charge < -0.3 is 9.84 Å². The highest BCUT2D eigenvalue weighted by atomic mass is 16.5. The summed E-state index contributed by atoms with van der Waals surface area (Å²) in [6, 6.07) is 3.74. The zero-order valence-corrected chi connectivity index (χ0v) is 8.47. The molecule has 0 atom stereocenters. The van der Waals surface area contributed by atoms with Gasteiger partial charge in [0.15, 0.2) is 0 Å². The maximum absolute atomic E-state index is 5.07. The Morgan fingerprint density at radius 3 is 3.13 bits per heavy atom. The molecule has 2 heterocycles. The van der Waals surface area contributed by atoms with Crippen LogP contribution in [-0.2, 0) is 6.54 Å². The van der Waals surface area contributed by atoms with Crippen molar-refractivity contribution in [1.82, 2.24) is 20.4 Å². The monoisotopic (exact) mass is 204 g/mol. The fraction of sp³-hybridized carbons (Fsp3) is 0.300. The van der Waals surface area contributed by atoms with Crippen molar-refractivity contribution in [2.45, 2.75) is 13.5 Å². The molecule has 0 aromatic carbocycles. The molecule has 2 aromatic heterocycles. The van der Waals surface area contributed by atoms with Crippen LogP contribution >= 0.6 is 0 Å². The van der Waals surface area contributed by atoms with Crippen molar-refractivity contribution < 1.29 is 4.52 Å². The van der Waals surface area contributed by atoms with E-state index in [1.165, 1.54) is 0 Å². The smallest absolute Gasteiger partial charge is 0.240 e. The lowest BCUT2D eigenvalue weighted by Crippen LogP contribution is -2.11. The molecule has 0 fully saturated rings. The third-order valence-corrected chi connectivity index (χ3v) is 1.91. The van der Waals surface area contributed by atoms with Crippen molar-refractivity contribution in [1.29, 1.82) is 0 Å². The van der Waals surface area contributed by atoms with Crippen molar-refractivity contribution in [3.8, 4) is 11.4 Å². The molecule has 0 spiro atoms. The average molecular weight is 204 g/mol. The Hall–Kier alpha value is -1.75. The SMILES string of the molecule is CCNCc1nc(-c2cccnc2)no1. The highest BCUT2D eigenvalue weighted by Gasteiger charge is 2.07. The summed E-state index contributed by atoms with van der Waals surface area (Å²) in [5.74, 6) is 1.17. The van der Waals surface area contributed by atoms with E-state index in [2.05, 4.69) is 20.4 Å². The Labute approximate surface area is 87.5 Å². The minimum atomic E-state index is 0.580. The van der Waals surface area contributed by atoms with Gasteiger partial charge in [-0.15, -0.1) is 0 Å². The number of nitrogens with one attached hydrogen (secondary N) is 1. The van der Waals surface area contributed by atoms with E-state index in [9.17, 15) is 0 Å². The Kier molecular flexibility index (Phi) is 3.04. The van der Waals surface area contributed by atoms with Gasteiger partial charge in [-0.25, -0.2) is 0 Å². The lowest BCUT2D eigenvalue weighted by Gasteiger charge is -1.92. The average Bonchev–Trinajstić information content (AvgIpc) is 2.76. The summed E-state index contributed by atoms with van der Waals surface area (Å²) in [5.41, 5.74) is 0.865. The van der Waals surface area contributed by atoms with Crippen LogP contribution in [0.15, 0.2) is 29.0 Å². The number of aromatic nitrogens is 3. The van der Waals surface area contributed by atoms with Gasteiger partial charge in [-0.05, 0) is 18.7 Å². The lowest BCUT2D eigenvalue weighted by molar-refractivity contribution is 0.369. The molecule has 2 aromatic rings. The number of nitrogens with zero attached hydrogens (tertiary/aromatic N) is 3. The molecule has 78 valence electrons. The molecule has 0 bridgehead atoms. The van der Waals surface area contributed by atoms with E-state index in [0.29, 0.717) is 18.3 Å². The Bertz CT molecular complexity index is 412. The second kappa shape index (κ2) is 4.65. The van der Waals surface area contributed by atoms with E-state index < -0.39 is 0 Å². The fourth-order valence-electron chi connectivity index (χ4n) is 1.17. The molecule has 0 saturated carbocycles. The summed E-state index contributed by atoms with van der Waals surface area (Å²) in [6.07, 6.45) is 3.42. The lowest BCUT2D eigenvalue weighted by atomic mass is 10.3. The fourth-order valence-corrected chi connectivity index (χ4v) is 1.17. The van der Waals surface area contributed by atoms with Crippen molar-refractivity contribution in [3.63, 3.8) is 0 Å². The van der Waals surface area contributed by atoms with Crippen LogP contribution < -0.4 is 5.32 Å². The van der Waals surface area contributed by atoms with Crippen LogP contribution in [0.3, 0.4) is 0 Å². The van der Waals surface area contributed by atoms with Crippen LogP contribution in [0.4, 0.5) is 0 Å². The van der Waals surface area contributed by atoms with E-state index >= 15 is 0 Å². The van der Waals surface area contributed by atoms with Gasteiger partial charge in [-0.2, -0.15) is 4.98 Å². The molecule has 0 aliphatic heterocycles. The molecule has 0 amide bonds. The van der Waals surface area contributed by atoms with Crippen molar-refractivity contribution in [2.75, 3.05) is 6.54 Å². The third kappa shape index (κ3) is 2.38. The van der Waals surface area contributed by atoms with Crippen molar-refractivity contribution >= 4 is 0 Å². The van der Waals surface area contributed by atoms with Gasteiger partial charge in [-0.3, -0.25) is 4.98 Å². The standard InChI is InChI=1S/C10H12N4O/c1-2-11-7-9-13-10(14-15-9)8-4-3-5-12-6-8/h3-6,11H,2,7H2,1H3. The van der Waals surface area contributed by atoms with Crippen molar-refractivity contribution in [2.24, 2.45) is 0 Å². The molecular weight excluding hydrogens is 192 g/mol. The molecule has 5 heteroatoms. The van der Waals surface area contributed by atoms with Gasteiger partial charge >= 0.3 is 0 Å². The molecular formula is C10H12N4O. The number of pyridine rings is 1. The summed E-state index contributed by atoms with van der Waals surface area (Å²) in [5, 5.41) is 6.99. The Balaban J connectivity index is 2.14. The van der Waals surface area contributed by atoms with Crippen molar-refractivity contribution in [3.05, 3.63) is 30.4 Å². The predicted octanol–water partition coefficient (Wildman–Crippen LogP) is 1.24.